The Morgan fingerprint density at radius 1 is 1.33 bits per heavy atom. The summed E-state index contributed by atoms with van der Waals surface area (Å²) in [7, 11) is 1.99. The maximum atomic E-state index is 3.18. The van der Waals surface area contributed by atoms with Crippen molar-refractivity contribution in [3.05, 3.63) is 41.5 Å². The Balaban J connectivity index is 2.43. The zero-order valence-electron chi connectivity index (χ0n) is 9.80. The Hall–Kier alpha value is -1.08. The minimum Gasteiger partial charge on any atom is -0.316 e. The lowest BCUT2D eigenvalue weighted by Crippen LogP contribution is -2.11. The molecule has 0 aliphatic heterocycles. The lowest BCUT2D eigenvalue weighted by atomic mass is 9.86. The predicted molar refractivity (Wildman–Crippen MR) is 66.0 cm³/mol. The first kappa shape index (κ1) is 10.4. The van der Waals surface area contributed by atoms with Gasteiger partial charge >= 0.3 is 0 Å². The van der Waals surface area contributed by atoms with Gasteiger partial charge in [0.1, 0.15) is 0 Å². The Labute approximate surface area is 92.2 Å². The zero-order chi connectivity index (χ0) is 10.9. The smallest absolute Gasteiger partial charge is 0.0137 e. The number of nitrogens with one attached hydrogen (secondary N) is 1. The normalized spacial score (nSPS) is 20.6. The number of benzene rings is 1. The Kier molecular flexibility index (Phi) is 2.66. The third kappa shape index (κ3) is 1.84. The highest BCUT2D eigenvalue weighted by molar-refractivity contribution is 5.75. The van der Waals surface area contributed by atoms with Crippen LogP contribution in [0.3, 0.4) is 0 Å². The Morgan fingerprint density at radius 2 is 2.07 bits per heavy atom. The molecular weight excluding hydrogens is 182 g/mol. The molecule has 0 saturated heterocycles. The fraction of sp³-hybridized carbons (Fsp3) is 0.429. The van der Waals surface area contributed by atoms with Crippen LogP contribution in [0.15, 0.2) is 30.3 Å². The number of allylic oxidation sites excluding steroid dienone is 1. The highest BCUT2D eigenvalue weighted by Crippen LogP contribution is 2.44. The molecule has 1 aliphatic carbocycles. The van der Waals surface area contributed by atoms with Crippen molar-refractivity contribution < 1.29 is 0 Å². The molecule has 0 bridgehead atoms. The SMILES string of the molecule is CNCC=C1CC(C)(C)c2ccccc21. The molecule has 1 aromatic rings. The van der Waals surface area contributed by atoms with Gasteiger partial charge in [0.25, 0.3) is 0 Å². The van der Waals surface area contributed by atoms with E-state index in [4.69, 9.17) is 0 Å². The molecule has 0 unspecified atom stereocenters. The molecule has 1 nitrogen and oxygen atoms in total. The first-order valence-electron chi connectivity index (χ1n) is 5.58. The van der Waals surface area contributed by atoms with E-state index in [9.17, 15) is 0 Å². The Morgan fingerprint density at radius 3 is 2.80 bits per heavy atom. The summed E-state index contributed by atoms with van der Waals surface area (Å²) in [5.74, 6) is 0. The number of hydrogen-bond donors (Lipinski definition) is 1. The summed E-state index contributed by atoms with van der Waals surface area (Å²) in [6, 6.07) is 8.77. The van der Waals surface area contributed by atoms with E-state index < -0.39 is 0 Å². The fourth-order valence-electron chi connectivity index (χ4n) is 2.43. The maximum absolute atomic E-state index is 3.18. The average molecular weight is 201 g/mol. The quantitative estimate of drug-likeness (QED) is 0.775. The van der Waals surface area contributed by atoms with Gasteiger partial charge in [-0.3, -0.25) is 0 Å². The summed E-state index contributed by atoms with van der Waals surface area (Å²) in [6.07, 6.45) is 3.47. The molecular formula is C14H19N. The first-order chi connectivity index (χ1) is 7.15. The van der Waals surface area contributed by atoms with Crippen LogP contribution in [0.4, 0.5) is 0 Å². The van der Waals surface area contributed by atoms with Gasteiger partial charge in [-0.25, -0.2) is 0 Å². The molecule has 1 N–H and O–H groups in total. The summed E-state index contributed by atoms with van der Waals surface area (Å²) in [5.41, 5.74) is 4.73. The van der Waals surface area contributed by atoms with Crippen molar-refractivity contribution in [3.63, 3.8) is 0 Å². The van der Waals surface area contributed by atoms with Gasteiger partial charge in [0, 0.05) is 6.54 Å². The Bertz CT molecular complexity index is 388. The van der Waals surface area contributed by atoms with E-state index >= 15 is 0 Å². The topological polar surface area (TPSA) is 12.0 Å². The molecule has 0 saturated carbocycles. The average Bonchev–Trinajstić information content (AvgIpc) is 2.49. The van der Waals surface area contributed by atoms with Crippen LogP contribution in [-0.4, -0.2) is 13.6 Å². The van der Waals surface area contributed by atoms with E-state index in [-0.39, 0.29) is 0 Å². The highest BCUT2D eigenvalue weighted by Gasteiger charge is 2.32. The zero-order valence-corrected chi connectivity index (χ0v) is 9.80. The van der Waals surface area contributed by atoms with Crippen molar-refractivity contribution in [2.45, 2.75) is 25.7 Å². The number of rotatable bonds is 2. The minimum atomic E-state index is 0.302. The molecule has 0 heterocycles. The van der Waals surface area contributed by atoms with Gasteiger partial charge in [0.2, 0.25) is 0 Å². The van der Waals surface area contributed by atoms with Gasteiger partial charge in [-0.05, 0) is 35.6 Å². The molecule has 1 aliphatic rings. The van der Waals surface area contributed by atoms with E-state index in [0.717, 1.165) is 13.0 Å². The van der Waals surface area contributed by atoms with Crippen molar-refractivity contribution >= 4 is 5.57 Å². The third-order valence-electron chi connectivity index (χ3n) is 3.19. The largest absolute Gasteiger partial charge is 0.316 e. The van der Waals surface area contributed by atoms with E-state index in [1.807, 2.05) is 7.05 Å². The summed E-state index contributed by atoms with van der Waals surface area (Å²) in [5, 5.41) is 3.18. The van der Waals surface area contributed by atoms with Gasteiger partial charge < -0.3 is 5.32 Å². The molecule has 0 spiro atoms. The molecule has 80 valence electrons. The van der Waals surface area contributed by atoms with E-state index in [0.29, 0.717) is 5.41 Å². The molecule has 0 fully saturated rings. The summed E-state index contributed by atoms with van der Waals surface area (Å²) in [6.45, 7) is 5.61. The van der Waals surface area contributed by atoms with Crippen LogP contribution < -0.4 is 5.32 Å². The lowest BCUT2D eigenvalue weighted by molar-refractivity contribution is 0.563. The van der Waals surface area contributed by atoms with E-state index in [1.54, 1.807) is 0 Å². The molecule has 0 radical (unpaired) electrons. The minimum absolute atomic E-state index is 0.302. The van der Waals surface area contributed by atoms with Crippen molar-refractivity contribution in [2.75, 3.05) is 13.6 Å². The predicted octanol–water partition coefficient (Wildman–Crippen LogP) is 2.97. The fourth-order valence-corrected chi connectivity index (χ4v) is 2.43. The van der Waals surface area contributed by atoms with Gasteiger partial charge in [-0.2, -0.15) is 0 Å². The number of likely N-dealkylation sites (N-methyl/N-ethyl adjacent to an activating group) is 1. The molecule has 1 heteroatoms. The van der Waals surface area contributed by atoms with Crippen LogP contribution >= 0.6 is 0 Å². The van der Waals surface area contributed by atoms with Crippen molar-refractivity contribution in [3.8, 4) is 0 Å². The van der Waals surface area contributed by atoms with Crippen molar-refractivity contribution in [2.24, 2.45) is 0 Å². The third-order valence-corrected chi connectivity index (χ3v) is 3.19. The summed E-state index contributed by atoms with van der Waals surface area (Å²) >= 11 is 0. The molecule has 2 rings (SSSR count). The second-order valence-electron chi connectivity index (χ2n) is 4.89. The number of hydrogen-bond acceptors (Lipinski definition) is 1. The molecule has 15 heavy (non-hydrogen) atoms. The van der Waals surface area contributed by atoms with Crippen LogP contribution in [0.2, 0.25) is 0 Å². The molecule has 0 amide bonds. The van der Waals surface area contributed by atoms with Crippen LogP contribution in [-0.2, 0) is 5.41 Å². The summed E-state index contributed by atoms with van der Waals surface area (Å²) < 4.78 is 0. The van der Waals surface area contributed by atoms with Gasteiger partial charge in [0.05, 0.1) is 0 Å². The highest BCUT2D eigenvalue weighted by atomic mass is 14.8. The van der Waals surface area contributed by atoms with Gasteiger partial charge in [0.15, 0.2) is 0 Å². The van der Waals surface area contributed by atoms with Crippen LogP contribution in [0.1, 0.15) is 31.4 Å². The van der Waals surface area contributed by atoms with Crippen LogP contribution in [0.25, 0.3) is 5.57 Å². The van der Waals surface area contributed by atoms with Gasteiger partial charge in [-0.1, -0.05) is 44.2 Å². The van der Waals surface area contributed by atoms with Crippen molar-refractivity contribution in [1.29, 1.82) is 0 Å². The monoisotopic (exact) mass is 201 g/mol. The second-order valence-corrected chi connectivity index (χ2v) is 4.89. The summed E-state index contributed by atoms with van der Waals surface area (Å²) in [4.78, 5) is 0. The standard InChI is InChI=1S/C14H19N/c1-14(2)10-11(8-9-15-3)12-6-4-5-7-13(12)14/h4-8,15H,9-10H2,1-3H3. The first-order valence-corrected chi connectivity index (χ1v) is 5.58. The van der Waals surface area contributed by atoms with Crippen LogP contribution in [0, 0.1) is 0 Å². The molecule has 0 atom stereocenters. The second kappa shape index (κ2) is 3.82. The molecule has 1 aromatic carbocycles. The van der Waals surface area contributed by atoms with E-state index in [2.05, 4.69) is 49.5 Å². The lowest BCUT2D eigenvalue weighted by Gasteiger charge is -2.17. The van der Waals surface area contributed by atoms with Gasteiger partial charge in [-0.15, -0.1) is 0 Å². The van der Waals surface area contributed by atoms with Crippen molar-refractivity contribution in [1.82, 2.24) is 5.32 Å². The van der Waals surface area contributed by atoms with E-state index in [1.165, 1.54) is 16.7 Å². The number of fused-ring (bicyclic) bond motifs is 1. The van der Waals surface area contributed by atoms with Crippen LogP contribution in [0.5, 0.6) is 0 Å². The molecule has 0 aromatic heterocycles. The maximum Gasteiger partial charge on any atom is 0.0137 e.